The van der Waals surface area contributed by atoms with Crippen molar-refractivity contribution in [3.63, 3.8) is 0 Å². The van der Waals surface area contributed by atoms with E-state index in [1.807, 2.05) is 13.8 Å². The van der Waals surface area contributed by atoms with Crippen LogP contribution < -0.4 is 0 Å². The Hall–Kier alpha value is -3.15. The van der Waals surface area contributed by atoms with E-state index in [1.54, 1.807) is 26.2 Å². The first kappa shape index (κ1) is 26.5. The van der Waals surface area contributed by atoms with Crippen LogP contribution in [0.15, 0.2) is 12.1 Å². The largest absolute Gasteiger partial charge is 0.481 e. The highest BCUT2D eigenvalue weighted by atomic mass is 19.3. The molecule has 0 aromatic carbocycles. The van der Waals surface area contributed by atoms with Gasteiger partial charge in [-0.2, -0.15) is 0 Å². The van der Waals surface area contributed by atoms with Crippen LogP contribution in [0.1, 0.15) is 43.6 Å². The average molecular weight is 495 g/mol. The number of carboxylic acids is 1. The zero-order valence-corrected chi connectivity index (χ0v) is 20.5. The Kier molecular flexibility index (Phi) is 8.36. The molecule has 1 aliphatic heterocycles. The molecule has 2 aromatic heterocycles. The number of aryl methyl sites for hydroxylation is 2. The second-order valence-electron chi connectivity index (χ2n) is 8.91. The fourth-order valence-corrected chi connectivity index (χ4v) is 4.24. The SMILES string of the molecule is CCCN(C)C(=O)OCc1c(-c2ccc(CN3C[C@H](C(=O)O)CC(F)(F)C3)c(CC)n2)nnn1C. The Balaban J connectivity index is 1.79. The van der Waals surface area contributed by atoms with E-state index < -0.39 is 36.9 Å². The summed E-state index contributed by atoms with van der Waals surface area (Å²) in [5, 5.41) is 17.5. The predicted molar refractivity (Wildman–Crippen MR) is 123 cm³/mol. The first-order chi connectivity index (χ1) is 16.5. The highest BCUT2D eigenvalue weighted by Crippen LogP contribution is 2.32. The third kappa shape index (κ3) is 6.50. The van der Waals surface area contributed by atoms with Crippen LogP contribution in [0.3, 0.4) is 0 Å². The van der Waals surface area contributed by atoms with Crippen molar-refractivity contribution in [2.45, 2.75) is 52.2 Å². The van der Waals surface area contributed by atoms with Crippen molar-refractivity contribution in [2.24, 2.45) is 13.0 Å². The molecule has 0 bridgehead atoms. The molecule has 1 saturated heterocycles. The minimum Gasteiger partial charge on any atom is -0.481 e. The van der Waals surface area contributed by atoms with Crippen molar-refractivity contribution < 1.29 is 28.2 Å². The minimum atomic E-state index is -3.06. The summed E-state index contributed by atoms with van der Waals surface area (Å²) in [4.78, 5) is 31.2. The maximum Gasteiger partial charge on any atom is 0.409 e. The molecule has 1 fully saturated rings. The zero-order chi connectivity index (χ0) is 25.8. The van der Waals surface area contributed by atoms with E-state index in [0.717, 1.165) is 12.0 Å². The van der Waals surface area contributed by atoms with Gasteiger partial charge in [-0.3, -0.25) is 14.7 Å². The van der Waals surface area contributed by atoms with Crippen molar-refractivity contribution in [3.8, 4) is 11.4 Å². The third-order valence-electron chi connectivity index (χ3n) is 6.01. The van der Waals surface area contributed by atoms with Crippen molar-refractivity contribution in [2.75, 3.05) is 26.7 Å². The predicted octanol–water partition coefficient (Wildman–Crippen LogP) is 2.96. The molecule has 1 N–H and O–H groups in total. The monoisotopic (exact) mass is 494 g/mol. The van der Waals surface area contributed by atoms with Gasteiger partial charge in [-0.05, 0) is 24.5 Å². The molecule has 3 rings (SSSR count). The number of carboxylic acid groups (broad SMARTS) is 1. The molecular weight excluding hydrogens is 462 g/mol. The van der Waals surface area contributed by atoms with Gasteiger partial charge in [0.05, 0.1) is 18.2 Å². The molecule has 35 heavy (non-hydrogen) atoms. The van der Waals surface area contributed by atoms with Crippen LogP contribution >= 0.6 is 0 Å². The third-order valence-corrected chi connectivity index (χ3v) is 6.01. The summed E-state index contributed by atoms with van der Waals surface area (Å²) >= 11 is 0. The number of carbonyl (C=O) groups excluding carboxylic acids is 1. The fourth-order valence-electron chi connectivity index (χ4n) is 4.24. The van der Waals surface area contributed by atoms with Gasteiger partial charge in [0.15, 0.2) is 0 Å². The molecule has 0 radical (unpaired) electrons. The van der Waals surface area contributed by atoms with Crippen molar-refractivity contribution in [3.05, 3.63) is 29.1 Å². The maximum absolute atomic E-state index is 14.1. The number of rotatable bonds is 9. The van der Waals surface area contributed by atoms with E-state index in [0.29, 0.717) is 35.7 Å². The Labute approximate surface area is 202 Å². The first-order valence-electron chi connectivity index (χ1n) is 11.6. The standard InChI is InChI=1S/C23H32F2N6O4/c1-5-9-29(3)22(34)35-13-19-20(27-28-30(19)4)18-8-7-15(17(6-2)26-18)11-31-12-16(21(32)33)10-23(24,25)14-31/h7-8,16H,5-6,9-14H2,1-4H3,(H,32,33)/t16-/m1/s1. The lowest BCUT2D eigenvalue weighted by molar-refractivity contribution is -0.153. The number of aliphatic carboxylic acids is 1. The number of hydrogen-bond donors (Lipinski definition) is 1. The van der Waals surface area contributed by atoms with Gasteiger partial charge < -0.3 is 14.7 Å². The fraction of sp³-hybridized carbons (Fsp3) is 0.609. The van der Waals surface area contributed by atoms with Gasteiger partial charge in [0, 0.05) is 45.8 Å². The number of alkyl halides is 2. The number of ether oxygens (including phenoxy) is 1. The molecule has 1 atom stereocenters. The zero-order valence-electron chi connectivity index (χ0n) is 20.5. The molecule has 1 amide bonds. The number of pyridine rings is 1. The first-order valence-corrected chi connectivity index (χ1v) is 11.6. The van der Waals surface area contributed by atoms with Crippen molar-refractivity contribution >= 4 is 12.1 Å². The maximum atomic E-state index is 14.1. The highest BCUT2D eigenvalue weighted by molar-refractivity contribution is 5.70. The number of piperidine rings is 1. The van der Waals surface area contributed by atoms with E-state index in [1.165, 1.54) is 14.5 Å². The Morgan fingerprint density at radius 2 is 2.06 bits per heavy atom. The summed E-state index contributed by atoms with van der Waals surface area (Å²) in [7, 11) is 3.36. The molecule has 1 aliphatic rings. The summed E-state index contributed by atoms with van der Waals surface area (Å²) in [5.41, 5.74) is 3.01. The molecule has 0 spiro atoms. The van der Waals surface area contributed by atoms with E-state index in [4.69, 9.17) is 4.74 Å². The minimum absolute atomic E-state index is 0.0317. The lowest BCUT2D eigenvalue weighted by Crippen LogP contribution is -2.48. The Morgan fingerprint density at radius 3 is 2.71 bits per heavy atom. The van der Waals surface area contributed by atoms with Crippen LogP contribution in [-0.2, 0) is 36.2 Å². The van der Waals surface area contributed by atoms with E-state index in [-0.39, 0.29) is 19.7 Å². The number of nitrogens with zero attached hydrogens (tertiary/aromatic N) is 6. The van der Waals surface area contributed by atoms with Gasteiger partial charge in [-0.15, -0.1) is 5.10 Å². The second-order valence-corrected chi connectivity index (χ2v) is 8.91. The summed E-state index contributed by atoms with van der Waals surface area (Å²) < 4.78 is 35.2. The van der Waals surface area contributed by atoms with Crippen LogP contribution in [0, 0.1) is 5.92 Å². The number of halogens is 2. The van der Waals surface area contributed by atoms with Gasteiger partial charge in [0.2, 0.25) is 0 Å². The topological polar surface area (TPSA) is 114 Å². The summed E-state index contributed by atoms with van der Waals surface area (Å²) in [6.45, 7) is 4.16. The number of hydrogen-bond acceptors (Lipinski definition) is 7. The lowest BCUT2D eigenvalue weighted by atomic mass is 9.94. The molecule has 12 heteroatoms. The van der Waals surface area contributed by atoms with E-state index in [9.17, 15) is 23.5 Å². The molecule has 192 valence electrons. The van der Waals surface area contributed by atoms with Gasteiger partial charge in [0.1, 0.15) is 18.0 Å². The molecule has 2 aromatic rings. The van der Waals surface area contributed by atoms with Crippen molar-refractivity contribution in [1.82, 2.24) is 29.8 Å². The lowest BCUT2D eigenvalue weighted by Gasteiger charge is -2.36. The van der Waals surface area contributed by atoms with Gasteiger partial charge in [0.25, 0.3) is 5.92 Å². The molecule has 0 aliphatic carbocycles. The molecule has 10 nitrogen and oxygen atoms in total. The molecule has 3 heterocycles. The van der Waals surface area contributed by atoms with Crippen LogP contribution in [0.2, 0.25) is 0 Å². The second kappa shape index (κ2) is 11.1. The smallest absolute Gasteiger partial charge is 0.409 e. The summed E-state index contributed by atoms with van der Waals surface area (Å²) in [5.74, 6) is -5.38. The van der Waals surface area contributed by atoms with Gasteiger partial charge >= 0.3 is 12.1 Å². The van der Waals surface area contributed by atoms with Crippen LogP contribution in [0.25, 0.3) is 11.4 Å². The quantitative estimate of drug-likeness (QED) is 0.566. The van der Waals surface area contributed by atoms with Crippen molar-refractivity contribution in [1.29, 1.82) is 0 Å². The molecular formula is C23H32F2N6O4. The Bertz CT molecular complexity index is 1060. The van der Waals surface area contributed by atoms with E-state index in [2.05, 4.69) is 15.3 Å². The summed E-state index contributed by atoms with van der Waals surface area (Å²) in [6, 6.07) is 3.52. The summed E-state index contributed by atoms with van der Waals surface area (Å²) in [6.07, 6.45) is 0.258. The van der Waals surface area contributed by atoms with Crippen LogP contribution in [-0.4, -0.2) is 79.6 Å². The average Bonchev–Trinajstić information content (AvgIpc) is 3.16. The van der Waals surface area contributed by atoms with Gasteiger partial charge in [-0.1, -0.05) is 25.1 Å². The number of carbonyl (C=O) groups is 2. The van der Waals surface area contributed by atoms with Crippen LogP contribution in [0.5, 0.6) is 0 Å². The van der Waals surface area contributed by atoms with Gasteiger partial charge in [-0.25, -0.2) is 18.3 Å². The molecule has 0 unspecified atom stereocenters. The molecule has 0 saturated carbocycles. The number of amides is 1. The Morgan fingerprint density at radius 1 is 1.31 bits per heavy atom. The van der Waals surface area contributed by atoms with Crippen LogP contribution in [0.4, 0.5) is 13.6 Å². The normalized spacial score (nSPS) is 17.8. The number of aromatic nitrogens is 4. The highest BCUT2D eigenvalue weighted by Gasteiger charge is 2.43. The van der Waals surface area contributed by atoms with E-state index >= 15 is 0 Å². The number of likely N-dealkylation sites (tertiary alicyclic amines) is 1.